The minimum absolute atomic E-state index is 0.225. The van der Waals surface area contributed by atoms with Gasteiger partial charge in [0.2, 0.25) is 0 Å². The van der Waals surface area contributed by atoms with Gasteiger partial charge in [-0.05, 0) is 28.1 Å². The molecular weight excluding hydrogens is 255 g/mol. The molecule has 0 bridgehead atoms. The Morgan fingerprint density at radius 1 is 1.57 bits per heavy atom. The molecule has 0 N–H and O–H groups in total. The lowest BCUT2D eigenvalue weighted by Gasteiger charge is -2.04. The number of rotatable bonds is 3. The van der Waals surface area contributed by atoms with Gasteiger partial charge in [0.05, 0.1) is 11.6 Å². The summed E-state index contributed by atoms with van der Waals surface area (Å²) in [5, 5.41) is 0. The number of carbonyl (C=O) groups is 1. The van der Waals surface area contributed by atoms with Crippen LogP contribution >= 0.6 is 15.9 Å². The van der Waals surface area contributed by atoms with E-state index in [2.05, 4.69) is 20.7 Å². The van der Waals surface area contributed by atoms with Crippen molar-refractivity contribution in [1.29, 1.82) is 0 Å². The number of hydrogen-bond acceptors (Lipinski definition) is 3. The number of hydrogen-bond donors (Lipinski definition) is 0. The predicted octanol–water partition coefficient (Wildman–Crippen LogP) is 2.14. The molecule has 0 aliphatic rings. The molecular formula is C9H8BrFO3. The third kappa shape index (κ3) is 2.99. The van der Waals surface area contributed by atoms with Gasteiger partial charge in [-0.15, -0.1) is 0 Å². The van der Waals surface area contributed by atoms with Crippen molar-refractivity contribution < 1.29 is 18.7 Å². The van der Waals surface area contributed by atoms with Crippen LogP contribution < -0.4 is 4.74 Å². The zero-order valence-corrected chi connectivity index (χ0v) is 9.01. The Balaban J connectivity index is 2.60. The number of ether oxygens (including phenoxy) is 2. The highest BCUT2D eigenvalue weighted by Crippen LogP contribution is 2.20. The summed E-state index contributed by atoms with van der Waals surface area (Å²) >= 11 is 3.00. The van der Waals surface area contributed by atoms with Gasteiger partial charge in [-0.1, -0.05) is 0 Å². The molecule has 0 aliphatic carbocycles. The summed E-state index contributed by atoms with van der Waals surface area (Å²) in [7, 11) is 1.26. The average Bonchev–Trinajstić information content (AvgIpc) is 2.19. The van der Waals surface area contributed by atoms with Crippen molar-refractivity contribution in [3.63, 3.8) is 0 Å². The first-order valence-corrected chi connectivity index (χ1v) is 4.57. The summed E-state index contributed by atoms with van der Waals surface area (Å²) < 4.78 is 22.6. The third-order valence-electron chi connectivity index (χ3n) is 1.48. The first-order valence-electron chi connectivity index (χ1n) is 3.78. The lowest BCUT2D eigenvalue weighted by atomic mass is 10.3. The van der Waals surface area contributed by atoms with Crippen molar-refractivity contribution in [3.8, 4) is 5.75 Å². The smallest absolute Gasteiger partial charge is 0.343 e. The van der Waals surface area contributed by atoms with E-state index in [0.717, 1.165) is 0 Å². The molecule has 0 saturated heterocycles. The van der Waals surface area contributed by atoms with E-state index in [1.54, 1.807) is 6.07 Å². The number of carbonyl (C=O) groups excluding carboxylic acids is 1. The van der Waals surface area contributed by atoms with Crippen molar-refractivity contribution >= 4 is 21.9 Å². The van der Waals surface area contributed by atoms with E-state index in [1.165, 1.54) is 19.2 Å². The molecule has 0 saturated carbocycles. The second kappa shape index (κ2) is 4.95. The van der Waals surface area contributed by atoms with Gasteiger partial charge >= 0.3 is 5.97 Å². The lowest BCUT2D eigenvalue weighted by molar-refractivity contribution is -0.142. The van der Waals surface area contributed by atoms with E-state index in [9.17, 15) is 9.18 Å². The molecule has 0 aromatic heterocycles. The van der Waals surface area contributed by atoms with Crippen molar-refractivity contribution in [2.24, 2.45) is 0 Å². The van der Waals surface area contributed by atoms with Crippen LogP contribution in [0.15, 0.2) is 22.7 Å². The molecule has 0 heterocycles. The van der Waals surface area contributed by atoms with Crippen LogP contribution in [0.3, 0.4) is 0 Å². The Hall–Kier alpha value is -1.10. The fourth-order valence-corrected chi connectivity index (χ4v) is 1.01. The Kier molecular flexibility index (Phi) is 3.88. The topological polar surface area (TPSA) is 35.5 Å². The van der Waals surface area contributed by atoms with Crippen molar-refractivity contribution in [2.45, 2.75) is 0 Å². The second-order valence-corrected chi connectivity index (χ2v) is 3.30. The molecule has 1 rings (SSSR count). The number of esters is 1. The Morgan fingerprint density at radius 3 is 2.86 bits per heavy atom. The van der Waals surface area contributed by atoms with E-state index < -0.39 is 11.8 Å². The van der Waals surface area contributed by atoms with Crippen molar-refractivity contribution in [3.05, 3.63) is 28.5 Å². The molecule has 0 amide bonds. The molecule has 1 aromatic rings. The maximum absolute atomic E-state index is 12.9. The third-order valence-corrected chi connectivity index (χ3v) is 2.12. The van der Waals surface area contributed by atoms with E-state index in [4.69, 9.17) is 4.74 Å². The van der Waals surface area contributed by atoms with E-state index in [0.29, 0.717) is 4.47 Å². The minimum atomic E-state index is -0.506. The second-order valence-electron chi connectivity index (χ2n) is 2.44. The molecule has 1 aromatic carbocycles. The lowest BCUT2D eigenvalue weighted by Crippen LogP contribution is -2.12. The van der Waals surface area contributed by atoms with Gasteiger partial charge in [0.1, 0.15) is 11.6 Å². The van der Waals surface area contributed by atoms with Gasteiger partial charge in [0.15, 0.2) is 6.61 Å². The Morgan fingerprint density at radius 2 is 2.29 bits per heavy atom. The quantitative estimate of drug-likeness (QED) is 0.784. The summed E-state index contributed by atoms with van der Waals surface area (Å²) in [6.07, 6.45) is 0. The number of benzene rings is 1. The standard InChI is InChI=1S/C9H8BrFO3/c1-13-9(12)5-14-6-2-3-7(10)8(11)4-6/h2-4H,5H2,1H3. The van der Waals surface area contributed by atoms with Crippen LogP contribution in [0.4, 0.5) is 4.39 Å². The van der Waals surface area contributed by atoms with Gasteiger partial charge in [0.25, 0.3) is 0 Å². The molecule has 5 heteroatoms. The van der Waals surface area contributed by atoms with E-state index >= 15 is 0 Å². The van der Waals surface area contributed by atoms with Crippen LogP contribution in [0.1, 0.15) is 0 Å². The summed E-state index contributed by atoms with van der Waals surface area (Å²) in [6, 6.07) is 4.24. The van der Waals surface area contributed by atoms with Gasteiger partial charge < -0.3 is 9.47 Å². The molecule has 14 heavy (non-hydrogen) atoms. The predicted molar refractivity (Wildman–Crippen MR) is 51.6 cm³/mol. The molecule has 0 atom stereocenters. The highest BCUT2D eigenvalue weighted by atomic mass is 79.9. The molecule has 3 nitrogen and oxygen atoms in total. The summed E-state index contributed by atoms with van der Waals surface area (Å²) in [4.78, 5) is 10.7. The van der Waals surface area contributed by atoms with Gasteiger partial charge in [-0.2, -0.15) is 0 Å². The van der Waals surface area contributed by atoms with Crippen molar-refractivity contribution in [1.82, 2.24) is 0 Å². The van der Waals surface area contributed by atoms with Crippen LogP contribution in [0.5, 0.6) is 5.75 Å². The van der Waals surface area contributed by atoms with E-state index in [1.807, 2.05) is 0 Å². The van der Waals surface area contributed by atoms with Crippen LogP contribution in [-0.2, 0) is 9.53 Å². The highest BCUT2D eigenvalue weighted by Gasteiger charge is 2.04. The van der Waals surface area contributed by atoms with Crippen LogP contribution in [0.2, 0.25) is 0 Å². The minimum Gasteiger partial charge on any atom is -0.482 e. The zero-order valence-electron chi connectivity index (χ0n) is 7.42. The molecule has 0 unspecified atom stereocenters. The van der Waals surface area contributed by atoms with Crippen LogP contribution in [0, 0.1) is 5.82 Å². The summed E-state index contributed by atoms with van der Waals surface area (Å²) in [6.45, 7) is -0.225. The zero-order chi connectivity index (χ0) is 10.6. The molecule has 0 spiro atoms. The largest absolute Gasteiger partial charge is 0.482 e. The SMILES string of the molecule is COC(=O)COc1ccc(Br)c(F)c1. The van der Waals surface area contributed by atoms with Crippen LogP contribution in [-0.4, -0.2) is 19.7 Å². The van der Waals surface area contributed by atoms with Crippen LogP contribution in [0.25, 0.3) is 0 Å². The Labute approximate surface area is 88.9 Å². The molecule has 0 fully saturated rings. The van der Waals surface area contributed by atoms with E-state index in [-0.39, 0.29) is 12.4 Å². The summed E-state index contributed by atoms with van der Waals surface area (Å²) in [5.41, 5.74) is 0. The fourth-order valence-electron chi connectivity index (χ4n) is 0.768. The highest BCUT2D eigenvalue weighted by molar-refractivity contribution is 9.10. The maximum atomic E-state index is 12.9. The number of halogens is 2. The van der Waals surface area contributed by atoms with Crippen molar-refractivity contribution in [2.75, 3.05) is 13.7 Å². The molecule has 0 radical (unpaired) electrons. The first kappa shape index (κ1) is 11.0. The average molecular weight is 263 g/mol. The van der Waals surface area contributed by atoms with Gasteiger partial charge in [-0.3, -0.25) is 0 Å². The summed E-state index contributed by atoms with van der Waals surface area (Å²) in [5.74, 6) is -0.656. The normalized spacial score (nSPS) is 9.64. The number of methoxy groups -OCH3 is 1. The Bertz CT molecular complexity index is 341. The monoisotopic (exact) mass is 262 g/mol. The maximum Gasteiger partial charge on any atom is 0.343 e. The van der Waals surface area contributed by atoms with Gasteiger partial charge in [-0.25, -0.2) is 9.18 Å². The molecule has 76 valence electrons. The fraction of sp³-hybridized carbons (Fsp3) is 0.222. The molecule has 0 aliphatic heterocycles. The van der Waals surface area contributed by atoms with Gasteiger partial charge in [0, 0.05) is 6.07 Å². The first-order chi connectivity index (χ1) is 6.63.